The zero-order valence-electron chi connectivity index (χ0n) is 12.8. The number of anilines is 1. The summed E-state index contributed by atoms with van der Waals surface area (Å²) >= 11 is 0. The Kier molecular flexibility index (Phi) is 4.54. The van der Waals surface area contributed by atoms with Crippen LogP contribution in [0.1, 0.15) is 32.5 Å². The monoisotopic (exact) mass is 283 g/mol. The van der Waals surface area contributed by atoms with Gasteiger partial charge in [-0.05, 0) is 31.2 Å². The minimum absolute atomic E-state index is 0.261. The first-order valence-corrected chi connectivity index (χ1v) is 7.11. The van der Waals surface area contributed by atoms with Crippen LogP contribution in [0.15, 0.2) is 24.3 Å². The van der Waals surface area contributed by atoms with Crippen molar-refractivity contribution >= 4 is 5.82 Å². The van der Waals surface area contributed by atoms with Crippen molar-refractivity contribution in [3.63, 3.8) is 0 Å². The summed E-state index contributed by atoms with van der Waals surface area (Å²) in [5.41, 5.74) is 7.97. The van der Waals surface area contributed by atoms with Gasteiger partial charge in [0.15, 0.2) is 0 Å². The van der Waals surface area contributed by atoms with Crippen LogP contribution >= 0.6 is 0 Å². The summed E-state index contributed by atoms with van der Waals surface area (Å²) in [6, 6.07) is 7.78. The number of hydrogen-bond donors (Lipinski definition) is 1. The maximum absolute atomic E-state index is 6.23. The zero-order valence-corrected chi connectivity index (χ0v) is 12.8. The number of imidazole rings is 1. The van der Waals surface area contributed by atoms with Crippen molar-refractivity contribution in [2.24, 2.45) is 0 Å². The molecule has 2 rings (SSSR count). The lowest BCUT2D eigenvalue weighted by molar-refractivity contribution is 0.340. The van der Waals surface area contributed by atoms with Crippen molar-refractivity contribution in [1.29, 1.82) is 0 Å². The summed E-state index contributed by atoms with van der Waals surface area (Å²) in [4.78, 5) is 4.68. The summed E-state index contributed by atoms with van der Waals surface area (Å²) < 4.78 is 7.35. The van der Waals surface area contributed by atoms with E-state index < -0.39 is 0 Å². The van der Waals surface area contributed by atoms with Crippen molar-refractivity contribution in [3.8, 4) is 29.4 Å². The lowest BCUT2D eigenvalue weighted by Crippen LogP contribution is -2.07. The first-order chi connectivity index (χ1) is 10.1. The SMILES string of the molecule is C#CCn1c(C(C)C)nc(-c2ccc(OCC)cc2)c1N. The van der Waals surface area contributed by atoms with Gasteiger partial charge in [-0.15, -0.1) is 6.42 Å². The second-order valence-corrected chi connectivity index (χ2v) is 5.11. The second-order valence-electron chi connectivity index (χ2n) is 5.11. The van der Waals surface area contributed by atoms with E-state index in [1.165, 1.54) is 0 Å². The van der Waals surface area contributed by atoms with E-state index in [1.807, 2.05) is 35.8 Å². The molecular formula is C17H21N3O. The fourth-order valence-electron chi connectivity index (χ4n) is 2.27. The lowest BCUT2D eigenvalue weighted by atomic mass is 10.1. The Morgan fingerprint density at radius 3 is 2.52 bits per heavy atom. The van der Waals surface area contributed by atoms with Gasteiger partial charge in [0, 0.05) is 11.5 Å². The normalized spacial score (nSPS) is 10.6. The molecule has 0 spiro atoms. The van der Waals surface area contributed by atoms with Crippen LogP contribution in [-0.2, 0) is 6.54 Å². The summed E-state index contributed by atoms with van der Waals surface area (Å²) in [6.07, 6.45) is 5.43. The highest BCUT2D eigenvalue weighted by Crippen LogP contribution is 2.30. The quantitative estimate of drug-likeness (QED) is 0.857. The van der Waals surface area contributed by atoms with Gasteiger partial charge in [0.2, 0.25) is 0 Å². The molecule has 0 amide bonds. The predicted molar refractivity (Wildman–Crippen MR) is 86.2 cm³/mol. The summed E-state index contributed by atoms with van der Waals surface area (Å²) in [7, 11) is 0. The van der Waals surface area contributed by atoms with Crippen LogP contribution < -0.4 is 10.5 Å². The number of hydrogen-bond acceptors (Lipinski definition) is 3. The van der Waals surface area contributed by atoms with Gasteiger partial charge < -0.3 is 15.0 Å². The Morgan fingerprint density at radius 1 is 1.33 bits per heavy atom. The molecule has 1 heterocycles. The molecule has 0 radical (unpaired) electrons. The van der Waals surface area contributed by atoms with Gasteiger partial charge in [-0.3, -0.25) is 0 Å². The van der Waals surface area contributed by atoms with Crippen molar-refractivity contribution in [1.82, 2.24) is 9.55 Å². The molecule has 0 unspecified atom stereocenters. The summed E-state index contributed by atoms with van der Waals surface area (Å²) in [5, 5.41) is 0. The Balaban J connectivity index is 2.44. The zero-order chi connectivity index (χ0) is 15.4. The van der Waals surface area contributed by atoms with E-state index in [-0.39, 0.29) is 5.92 Å². The van der Waals surface area contributed by atoms with E-state index in [0.717, 1.165) is 22.8 Å². The van der Waals surface area contributed by atoms with Crippen LogP contribution in [0.4, 0.5) is 5.82 Å². The number of nitrogens with two attached hydrogens (primary N) is 1. The number of benzene rings is 1. The molecule has 0 saturated heterocycles. The van der Waals surface area contributed by atoms with Crippen LogP contribution in [0.2, 0.25) is 0 Å². The maximum atomic E-state index is 6.23. The van der Waals surface area contributed by atoms with Gasteiger partial charge >= 0.3 is 0 Å². The van der Waals surface area contributed by atoms with Gasteiger partial charge in [0.25, 0.3) is 0 Å². The Hall–Kier alpha value is -2.41. The highest BCUT2D eigenvalue weighted by atomic mass is 16.5. The topological polar surface area (TPSA) is 53.1 Å². The third-order valence-corrected chi connectivity index (χ3v) is 3.24. The van der Waals surface area contributed by atoms with E-state index in [0.29, 0.717) is 19.0 Å². The number of nitrogens with zero attached hydrogens (tertiary/aromatic N) is 2. The number of terminal acetylenes is 1. The first kappa shape index (κ1) is 15.0. The predicted octanol–water partition coefficient (Wildman–Crippen LogP) is 3.29. The highest BCUT2D eigenvalue weighted by molar-refractivity contribution is 5.71. The smallest absolute Gasteiger partial charge is 0.132 e. The van der Waals surface area contributed by atoms with Crippen LogP contribution in [0.5, 0.6) is 5.75 Å². The van der Waals surface area contributed by atoms with Crippen molar-refractivity contribution < 1.29 is 4.74 Å². The molecular weight excluding hydrogens is 262 g/mol. The second kappa shape index (κ2) is 6.36. The number of nitrogen functional groups attached to an aromatic ring is 1. The Morgan fingerprint density at radius 2 is 2.00 bits per heavy atom. The molecule has 21 heavy (non-hydrogen) atoms. The molecule has 1 aromatic carbocycles. The van der Waals surface area contributed by atoms with Crippen LogP contribution in [0.3, 0.4) is 0 Å². The molecule has 0 aliphatic rings. The molecule has 2 N–H and O–H groups in total. The number of ether oxygens (including phenoxy) is 1. The van der Waals surface area contributed by atoms with E-state index in [1.54, 1.807) is 0 Å². The molecule has 4 heteroatoms. The molecule has 0 fully saturated rings. The molecule has 4 nitrogen and oxygen atoms in total. The number of aromatic nitrogens is 2. The lowest BCUT2D eigenvalue weighted by Gasteiger charge is -2.08. The molecule has 0 atom stereocenters. The van der Waals surface area contributed by atoms with Crippen molar-refractivity contribution in [2.45, 2.75) is 33.2 Å². The minimum atomic E-state index is 0.261. The van der Waals surface area contributed by atoms with Gasteiger partial charge in [-0.1, -0.05) is 19.8 Å². The molecule has 0 aliphatic heterocycles. The molecule has 0 saturated carbocycles. The fourth-order valence-corrected chi connectivity index (χ4v) is 2.27. The molecule has 0 bridgehead atoms. The van der Waals surface area contributed by atoms with Crippen LogP contribution in [0.25, 0.3) is 11.3 Å². The molecule has 1 aromatic heterocycles. The molecule has 110 valence electrons. The number of rotatable bonds is 5. The van der Waals surface area contributed by atoms with Crippen LogP contribution in [-0.4, -0.2) is 16.2 Å². The van der Waals surface area contributed by atoms with Gasteiger partial charge in [0.1, 0.15) is 23.1 Å². The molecule has 0 aliphatic carbocycles. The Bertz CT molecular complexity index is 648. The van der Waals surface area contributed by atoms with Gasteiger partial charge in [-0.25, -0.2) is 4.98 Å². The summed E-state index contributed by atoms with van der Waals surface area (Å²) in [6.45, 7) is 7.20. The summed E-state index contributed by atoms with van der Waals surface area (Å²) in [5.74, 6) is 5.26. The van der Waals surface area contributed by atoms with E-state index in [9.17, 15) is 0 Å². The average Bonchev–Trinajstić information content (AvgIpc) is 2.79. The third kappa shape index (κ3) is 3.03. The van der Waals surface area contributed by atoms with Crippen molar-refractivity contribution in [2.75, 3.05) is 12.3 Å². The Labute approximate surface area is 125 Å². The van der Waals surface area contributed by atoms with Crippen molar-refractivity contribution in [3.05, 3.63) is 30.1 Å². The standard InChI is InChI=1S/C17H21N3O/c1-5-11-20-16(18)15(19-17(20)12(3)4)13-7-9-14(10-8-13)21-6-2/h1,7-10,12H,6,11,18H2,2-4H3. The van der Waals surface area contributed by atoms with E-state index in [4.69, 9.17) is 16.9 Å². The third-order valence-electron chi connectivity index (χ3n) is 3.24. The van der Waals surface area contributed by atoms with Crippen LogP contribution in [0, 0.1) is 12.3 Å². The fraction of sp³-hybridized carbons (Fsp3) is 0.353. The van der Waals surface area contributed by atoms with E-state index in [2.05, 4.69) is 24.8 Å². The van der Waals surface area contributed by atoms with E-state index >= 15 is 0 Å². The highest BCUT2D eigenvalue weighted by Gasteiger charge is 2.17. The largest absolute Gasteiger partial charge is 0.494 e. The van der Waals surface area contributed by atoms with Gasteiger partial charge in [-0.2, -0.15) is 0 Å². The van der Waals surface area contributed by atoms with Gasteiger partial charge in [0.05, 0.1) is 13.2 Å². The average molecular weight is 283 g/mol. The first-order valence-electron chi connectivity index (χ1n) is 7.11. The molecule has 2 aromatic rings. The maximum Gasteiger partial charge on any atom is 0.132 e. The minimum Gasteiger partial charge on any atom is -0.494 e.